The van der Waals surface area contributed by atoms with Crippen molar-refractivity contribution in [1.82, 2.24) is 9.88 Å². The van der Waals surface area contributed by atoms with E-state index in [-0.39, 0.29) is 5.91 Å². The van der Waals surface area contributed by atoms with Crippen molar-refractivity contribution in [1.29, 1.82) is 0 Å². The van der Waals surface area contributed by atoms with Crippen LogP contribution in [0.15, 0.2) is 24.3 Å². The average Bonchev–Trinajstić information content (AvgIpc) is 3.33. The number of fused-ring (bicyclic) bond motifs is 1. The number of rotatable bonds is 5. The second kappa shape index (κ2) is 8.14. The number of benzene rings is 1. The quantitative estimate of drug-likeness (QED) is 0.605. The van der Waals surface area contributed by atoms with E-state index in [9.17, 15) is 4.79 Å². The predicted octanol–water partition coefficient (Wildman–Crippen LogP) is 3.92. The van der Waals surface area contributed by atoms with E-state index in [1.54, 1.807) is 25.6 Å². The molecular formula is C19H20ClN3O3S2. The van der Waals surface area contributed by atoms with Crippen molar-refractivity contribution in [2.24, 2.45) is 0 Å². The van der Waals surface area contributed by atoms with Gasteiger partial charge in [0.25, 0.3) is 0 Å². The van der Waals surface area contributed by atoms with Crippen molar-refractivity contribution in [3.63, 3.8) is 0 Å². The van der Waals surface area contributed by atoms with Crippen molar-refractivity contribution >= 4 is 55.5 Å². The minimum absolute atomic E-state index is 0.144. The van der Waals surface area contributed by atoms with E-state index in [4.69, 9.17) is 26.1 Å². The van der Waals surface area contributed by atoms with Crippen LogP contribution in [0.1, 0.15) is 4.88 Å². The molecule has 0 spiro atoms. The Labute approximate surface area is 176 Å². The van der Waals surface area contributed by atoms with Crippen LogP contribution in [0, 0.1) is 0 Å². The highest BCUT2D eigenvalue weighted by molar-refractivity contribution is 7.22. The number of anilines is 1. The van der Waals surface area contributed by atoms with Crippen molar-refractivity contribution < 1.29 is 14.3 Å². The second-order valence-electron chi connectivity index (χ2n) is 6.39. The van der Waals surface area contributed by atoms with E-state index in [1.807, 2.05) is 29.2 Å². The summed E-state index contributed by atoms with van der Waals surface area (Å²) in [5.74, 6) is 1.68. The standard InChI is InChI=1S/C19H20ClN3O3S2/c1-25-13-4-5-14(26-2)18-17(13)21-19(28-18)23-9-7-22(8-10-23)16(24)11-12-3-6-15(20)27-12/h3-6H,7-11H2,1-2H3. The summed E-state index contributed by atoms with van der Waals surface area (Å²) >= 11 is 9.01. The Hall–Kier alpha value is -2.03. The van der Waals surface area contributed by atoms with E-state index < -0.39 is 0 Å². The van der Waals surface area contributed by atoms with Crippen molar-refractivity contribution in [2.75, 3.05) is 45.3 Å². The Morgan fingerprint density at radius 1 is 1.07 bits per heavy atom. The van der Waals surface area contributed by atoms with Crippen LogP contribution in [0.25, 0.3) is 10.2 Å². The van der Waals surface area contributed by atoms with E-state index >= 15 is 0 Å². The number of amides is 1. The number of hydrogen-bond donors (Lipinski definition) is 0. The molecule has 28 heavy (non-hydrogen) atoms. The summed E-state index contributed by atoms with van der Waals surface area (Å²) < 4.78 is 12.6. The molecular weight excluding hydrogens is 418 g/mol. The van der Waals surface area contributed by atoms with Crippen molar-refractivity contribution in [3.8, 4) is 11.5 Å². The van der Waals surface area contributed by atoms with Gasteiger partial charge in [-0.25, -0.2) is 4.98 Å². The first-order chi connectivity index (χ1) is 13.6. The maximum atomic E-state index is 12.6. The number of aromatic nitrogens is 1. The molecule has 1 aliphatic heterocycles. The fourth-order valence-corrected chi connectivity index (χ4v) is 5.47. The number of thiophene rings is 1. The number of carbonyl (C=O) groups excluding carboxylic acids is 1. The largest absolute Gasteiger partial charge is 0.495 e. The first kappa shape index (κ1) is 19.3. The van der Waals surface area contributed by atoms with Crippen molar-refractivity contribution in [2.45, 2.75) is 6.42 Å². The van der Waals surface area contributed by atoms with Crippen LogP contribution >= 0.6 is 34.3 Å². The third-order valence-corrected chi connectivity index (χ3v) is 7.12. The molecule has 3 aromatic rings. The lowest BCUT2D eigenvalue weighted by Gasteiger charge is -2.34. The molecule has 148 valence electrons. The number of thiazole rings is 1. The smallest absolute Gasteiger partial charge is 0.227 e. The third-order valence-electron chi connectivity index (χ3n) is 4.76. The minimum Gasteiger partial charge on any atom is -0.495 e. The molecule has 0 atom stereocenters. The predicted molar refractivity (Wildman–Crippen MR) is 115 cm³/mol. The summed E-state index contributed by atoms with van der Waals surface area (Å²) in [7, 11) is 3.30. The molecule has 1 fully saturated rings. The molecule has 2 aromatic heterocycles. The summed E-state index contributed by atoms with van der Waals surface area (Å²) in [6, 6.07) is 7.53. The fraction of sp³-hybridized carbons (Fsp3) is 0.368. The Morgan fingerprint density at radius 2 is 1.79 bits per heavy atom. The van der Waals surface area contributed by atoms with Crippen LogP contribution in [0.2, 0.25) is 4.34 Å². The monoisotopic (exact) mass is 437 g/mol. The molecule has 3 heterocycles. The summed E-state index contributed by atoms with van der Waals surface area (Å²) in [5.41, 5.74) is 0.815. The SMILES string of the molecule is COc1ccc(OC)c2sc(N3CCN(C(=O)Cc4ccc(Cl)s4)CC3)nc12. The minimum atomic E-state index is 0.144. The zero-order valence-electron chi connectivity index (χ0n) is 15.6. The number of nitrogens with zero attached hydrogens (tertiary/aromatic N) is 3. The number of piperazine rings is 1. The van der Waals surface area contributed by atoms with Gasteiger partial charge >= 0.3 is 0 Å². The molecule has 1 saturated heterocycles. The van der Waals surface area contributed by atoms with Gasteiger partial charge < -0.3 is 19.3 Å². The van der Waals surface area contributed by atoms with Crippen LogP contribution in [0.5, 0.6) is 11.5 Å². The van der Waals surface area contributed by atoms with Gasteiger partial charge in [0.15, 0.2) is 5.13 Å². The van der Waals surface area contributed by atoms with Gasteiger partial charge in [-0.2, -0.15) is 0 Å². The van der Waals surface area contributed by atoms with E-state index in [2.05, 4.69) is 4.90 Å². The molecule has 0 saturated carbocycles. The van der Waals surface area contributed by atoms with Gasteiger partial charge in [0.2, 0.25) is 5.91 Å². The molecule has 1 aromatic carbocycles. The second-order valence-corrected chi connectivity index (χ2v) is 9.17. The van der Waals surface area contributed by atoms with Crippen LogP contribution in [-0.4, -0.2) is 56.2 Å². The number of carbonyl (C=O) groups is 1. The lowest BCUT2D eigenvalue weighted by molar-refractivity contribution is -0.130. The van der Waals surface area contributed by atoms with Gasteiger partial charge in [-0.15, -0.1) is 11.3 Å². The average molecular weight is 438 g/mol. The van der Waals surface area contributed by atoms with Gasteiger partial charge in [-0.05, 0) is 24.3 Å². The van der Waals surface area contributed by atoms with Crippen LogP contribution in [0.4, 0.5) is 5.13 Å². The number of hydrogen-bond acceptors (Lipinski definition) is 7. The molecule has 6 nitrogen and oxygen atoms in total. The Morgan fingerprint density at radius 3 is 2.43 bits per heavy atom. The molecule has 0 radical (unpaired) electrons. The fourth-order valence-electron chi connectivity index (χ4n) is 3.26. The summed E-state index contributed by atoms with van der Waals surface area (Å²) in [5, 5.41) is 0.926. The van der Waals surface area contributed by atoms with Crippen LogP contribution in [0.3, 0.4) is 0 Å². The number of ether oxygens (including phenoxy) is 2. The number of methoxy groups -OCH3 is 2. The molecule has 1 aliphatic rings. The summed E-state index contributed by atoms with van der Waals surface area (Å²) in [6.45, 7) is 2.87. The van der Waals surface area contributed by atoms with Gasteiger partial charge in [0.1, 0.15) is 21.7 Å². The van der Waals surface area contributed by atoms with Crippen LogP contribution < -0.4 is 14.4 Å². The van der Waals surface area contributed by atoms with E-state index in [0.717, 1.165) is 44.8 Å². The Kier molecular flexibility index (Phi) is 5.61. The highest BCUT2D eigenvalue weighted by Crippen LogP contribution is 2.40. The topological polar surface area (TPSA) is 54.9 Å². The first-order valence-corrected chi connectivity index (χ1v) is 10.9. The highest BCUT2D eigenvalue weighted by Gasteiger charge is 2.24. The lowest BCUT2D eigenvalue weighted by Crippen LogP contribution is -2.49. The van der Waals surface area contributed by atoms with Crippen LogP contribution in [-0.2, 0) is 11.2 Å². The van der Waals surface area contributed by atoms with E-state index in [0.29, 0.717) is 23.8 Å². The molecule has 0 bridgehead atoms. The molecule has 9 heteroatoms. The van der Waals surface area contributed by atoms with Gasteiger partial charge in [0, 0.05) is 31.1 Å². The van der Waals surface area contributed by atoms with Gasteiger partial charge in [-0.1, -0.05) is 22.9 Å². The number of halogens is 1. The van der Waals surface area contributed by atoms with E-state index in [1.165, 1.54) is 11.3 Å². The zero-order valence-corrected chi connectivity index (χ0v) is 18.0. The maximum absolute atomic E-state index is 12.6. The normalized spacial score (nSPS) is 14.5. The molecule has 1 amide bonds. The first-order valence-electron chi connectivity index (χ1n) is 8.87. The molecule has 0 aliphatic carbocycles. The Bertz CT molecular complexity index is 955. The zero-order chi connectivity index (χ0) is 19.7. The maximum Gasteiger partial charge on any atom is 0.227 e. The molecule has 0 unspecified atom stereocenters. The highest BCUT2D eigenvalue weighted by atomic mass is 35.5. The third kappa shape index (κ3) is 3.76. The summed E-state index contributed by atoms with van der Waals surface area (Å²) in [4.78, 5) is 22.5. The van der Waals surface area contributed by atoms with Crippen molar-refractivity contribution in [3.05, 3.63) is 33.5 Å². The Balaban J connectivity index is 1.45. The summed E-state index contributed by atoms with van der Waals surface area (Å²) in [6.07, 6.45) is 0.410. The lowest BCUT2D eigenvalue weighted by atomic mass is 10.2. The van der Waals surface area contributed by atoms with Gasteiger partial charge in [0.05, 0.1) is 25.0 Å². The molecule has 0 N–H and O–H groups in total. The van der Waals surface area contributed by atoms with Gasteiger partial charge in [-0.3, -0.25) is 4.79 Å². The molecule has 4 rings (SSSR count).